The molecule has 3 aromatic carbocycles. The van der Waals surface area contributed by atoms with Gasteiger partial charge in [0.25, 0.3) is 0 Å². The zero-order valence-corrected chi connectivity index (χ0v) is 21.6. The van der Waals surface area contributed by atoms with Crippen LogP contribution >= 0.6 is 0 Å². The Morgan fingerprint density at radius 3 is 1.70 bits per heavy atom. The fourth-order valence-corrected chi connectivity index (χ4v) is 4.99. The van der Waals surface area contributed by atoms with Crippen molar-refractivity contribution < 1.29 is 34.1 Å². The Balaban J connectivity index is 1.90. The Bertz CT molecular complexity index is 1460. The minimum Gasteiger partial charge on any atom is -0.508 e. The number of hydrogen-bond acceptors (Lipinski definition) is 7. The molecule has 2 aliphatic rings. The van der Waals surface area contributed by atoms with Gasteiger partial charge in [0.1, 0.15) is 23.0 Å². The number of Topliss-reactive ketones (excluding diaryl/α,β-unsaturated/α-hetero) is 2. The first-order valence-corrected chi connectivity index (χ1v) is 12.0. The van der Waals surface area contributed by atoms with Crippen molar-refractivity contribution in [3.8, 4) is 23.0 Å². The molecule has 3 aromatic rings. The molecular formula is C30H28O7. The molecule has 0 unspecified atom stereocenters. The summed E-state index contributed by atoms with van der Waals surface area (Å²) in [5.74, 6) is -1.01. The van der Waals surface area contributed by atoms with E-state index in [0.717, 1.165) is 0 Å². The molecule has 0 amide bonds. The summed E-state index contributed by atoms with van der Waals surface area (Å²) in [5, 5.41) is 20.3. The van der Waals surface area contributed by atoms with Crippen molar-refractivity contribution >= 4 is 17.5 Å². The van der Waals surface area contributed by atoms with Gasteiger partial charge in [-0.2, -0.15) is 0 Å². The standard InChI is InChI=1S/C30H28O7/c1-28(2,3)25(33)17-9-12-20-24(23(17)26(34)29(4,5)6)27(35)37-30(20)18-10-7-15(31)13-21(18)36-22-14-16(32)8-11-19(22)30/h7-14,31-32H,1-6H3. The second-order valence-electron chi connectivity index (χ2n) is 11.6. The van der Waals surface area contributed by atoms with Crippen LogP contribution in [0.5, 0.6) is 23.0 Å². The number of carbonyl (C=O) groups excluding carboxylic acids is 3. The van der Waals surface area contributed by atoms with Crippen LogP contribution in [0.15, 0.2) is 48.5 Å². The zero-order chi connectivity index (χ0) is 27.1. The molecule has 0 saturated carbocycles. The monoisotopic (exact) mass is 500 g/mol. The highest BCUT2D eigenvalue weighted by molar-refractivity contribution is 6.18. The normalized spacial score (nSPS) is 15.4. The average molecular weight is 501 g/mol. The number of fused-ring (bicyclic) bond motifs is 6. The van der Waals surface area contributed by atoms with Gasteiger partial charge in [-0.15, -0.1) is 0 Å². The molecule has 0 saturated heterocycles. The van der Waals surface area contributed by atoms with E-state index in [0.29, 0.717) is 16.7 Å². The highest BCUT2D eigenvalue weighted by Gasteiger charge is 2.55. The quantitative estimate of drug-likeness (QED) is 0.322. The molecule has 2 N–H and O–H groups in total. The van der Waals surface area contributed by atoms with Gasteiger partial charge in [0.15, 0.2) is 17.2 Å². The maximum atomic E-state index is 13.8. The third-order valence-corrected chi connectivity index (χ3v) is 6.78. The Morgan fingerprint density at radius 1 is 0.730 bits per heavy atom. The van der Waals surface area contributed by atoms with E-state index in [1.807, 2.05) is 0 Å². The Labute approximate surface area is 214 Å². The molecule has 0 bridgehead atoms. The SMILES string of the molecule is CC(C)(C)C(=O)c1ccc2c(c1C(=O)C(C)(C)C)C(=O)OC21c2ccc(O)cc2Oc2cc(O)ccc21. The Hall–Kier alpha value is -4.13. The third kappa shape index (κ3) is 3.52. The van der Waals surface area contributed by atoms with Crippen LogP contribution < -0.4 is 4.74 Å². The van der Waals surface area contributed by atoms with Crippen LogP contribution in [-0.4, -0.2) is 27.7 Å². The molecule has 2 heterocycles. The van der Waals surface area contributed by atoms with Gasteiger partial charge in [-0.1, -0.05) is 53.7 Å². The van der Waals surface area contributed by atoms with Crippen LogP contribution in [0.4, 0.5) is 0 Å². The smallest absolute Gasteiger partial charge is 0.340 e. The highest BCUT2D eigenvalue weighted by atomic mass is 16.6. The van der Waals surface area contributed by atoms with Crippen LogP contribution in [-0.2, 0) is 10.3 Å². The van der Waals surface area contributed by atoms with Gasteiger partial charge in [-0.25, -0.2) is 4.79 Å². The Kier molecular flexibility index (Phi) is 5.10. The highest BCUT2D eigenvalue weighted by Crippen LogP contribution is 2.58. The van der Waals surface area contributed by atoms with Gasteiger partial charge in [0.2, 0.25) is 0 Å². The first-order chi connectivity index (χ1) is 17.2. The number of ketones is 2. The van der Waals surface area contributed by atoms with Gasteiger partial charge < -0.3 is 19.7 Å². The summed E-state index contributed by atoms with van der Waals surface area (Å²) in [6.45, 7) is 10.5. The van der Waals surface area contributed by atoms with Crippen molar-refractivity contribution in [3.63, 3.8) is 0 Å². The largest absolute Gasteiger partial charge is 0.508 e. The molecule has 0 aliphatic carbocycles. The molecule has 2 aliphatic heterocycles. The van der Waals surface area contributed by atoms with Crippen molar-refractivity contribution in [1.29, 1.82) is 0 Å². The number of benzene rings is 3. The number of carbonyl (C=O) groups is 3. The lowest BCUT2D eigenvalue weighted by atomic mass is 9.73. The molecular weight excluding hydrogens is 472 g/mol. The van der Waals surface area contributed by atoms with E-state index >= 15 is 0 Å². The summed E-state index contributed by atoms with van der Waals surface area (Å²) in [5.41, 5.74) is -1.68. The minimum absolute atomic E-state index is 0.0370. The zero-order valence-electron chi connectivity index (χ0n) is 21.6. The summed E-state index contributed by atoms with van der Waals surface area (Å²) in [6.07, 6.45) is 0. The van der Waals surface area contributed by atoms with Gasteiger partial charge in [0.05, 0.1) is 5.56 Å². The summed E-state index contributed by atoms with van der Waals surface area (Å²) in [7, 11) is 0. The van der Waals surface area contributed by atoms with E-state index in [1.165, 1.54) is 24.3 Å². The van der Waals surface area contributed by atoms with Crippen molar-refractivity contribution in [3.05, 3.63) is 81.9 Å². The molecule has 0 aromatic heterocycles. The molecule has 5 rings (SSSR count). The van der Waals surface area contributed by atoms with Gasteiger partial charge in [-0.3, -0.25) is 9.59 Å². The van der Waals surface area contributed by atoms with Crippen LogP contribution in [0, 0.1) is 10.8 Å². The topological polar surface area (TPSA) is 110 Å². The fourth-order valence-electron chi connectivity index (χ4n) is 4.99. The van der Waals surface area contributed by atoms with E-state index in [-0.39, 0.29) is 51.3 Å². The van der Waals surface area contributed by atoms with E-state index < -0.39 is 22.4 Å². The van der Waals surface area contributed by atoms with Crippen molar-refractivity contribution in [2.75, 3.05) is 0 Å². The molecule has 0 radical (unpaired) electrons. The number of rotatable bonds is 2. The lowest BCUT2D eigenvalue weighted by Gasteiger charge is -2.36. The summed E-state index contributed by atoms with van der Waals surface area (Å²) in [4.78, 5) is 41.1. The van der Waals surface area contributed by atoms with E-state index in [2.05, 4.69) is 0 Å². The summed E-state index contributed by atoms with van der Waals surface area (Å²) >= 11 is 0. The van der Waals surface area contributed by atoms with Crippen molar-refractivity contribution in [2.24, 2.45) is 10.8 Å². The molecule has 0 fully saturated rings. The number of esters is 1. The second kappa shape index (κ2) is 7.68. The number of aromatic hydroxyl groups is 2. The maximum Gasteiger partial charge on any atom is 0.340 e. The maximum absolute atomic E-state index is 13.8. The number of phenolic OH excluding ortho intramolecular Hbond substituents is 2. The predicted octanol–water partition coefficient (Wildman–Crippen LogP) is 6.12. The van der Waals surface area contributed by atoms with Gasteiger partial charge >= 0.3 is 5.97 Å². The third-order valence-electron chi connectivity index (χ3n) is 6.78. The predicted molar refractivity (Wildman–Crippen MR) is 136 cm³/mol. The van der Waals surface area contributed by atoms with E-state index in [1.54, 1.807) is 65.8 Å². The van der Waals surface area contributed by atoms with Crippen LogP contribution in [0.1, 0.15) is 89.3 Å². The Morgan fingerprint density at radius 2 is 1.22 bits per heavy atom. The lowest BCUT2D eigenvalue weighted by Crippen LogP contribution is -2.33. The van der Waals surface area contributed by atoms with E-state index in [9.17, 15) is 24.6 Å². The van der Waals surface area contributed by atoms with Crippen LogP contribution in [0.2, 0.25) is 0 Å². The van der Waals surface area contributed by atoms with Gasteiger partial charge in [0, 0.05) is 50.8 Å². The molecule has 37 heavy (non-hydrogen) atoms. The lowest BCUT2D eigenvalue weighted by molar-refractivity contribution is 0.0223. The summed E-state index contributed by atoms with van der Waals surface area (Å²) < 4.78 is 12.2. The van der Waals surface area contributed by atoms with Crippen molar-refractivity contribution in [2.45, 2.75) is 47.1 Å². The molecule has 7 heteroatoms. The number of phenols is 2. The van der Waals surface area contributed by atoms with Crippen molar-refractivity contribution in [1.82, 2.24) is 0 Å². The van der Waals surface area contributed by atoms with Crippen LogP contribution in [0.25, 0.3) is 0 Å². The second-order valence-corrected chi connectivity index (χ2v) is 11.6. The molecule has 1 spiro atoms. The average Bonchev–Trinajstić information content (AvgIpc) is 3.08. The molecule has 0 atom stereocenters. The number of ether oxygens (including phenoxy) is 2. The molecule has 190 valence electrons. The molecule has 7 nitrogen and oxygen atoms in total. The van der Waals surface area contributed by atoms with Crippen LogP contribution in [0.3, 0.4) is 0 Å². The first-order valence-electron chi connectivity index (χ1n) is 12.0. The van der Waals surface area contributed by atoms with Gasteiger partial charge in [-0.05, 0) is 24.3 Å². The first kappa shape index (κ1) is 24.6. The van der Waals surface area contributed by atoms with E-state index in [4.69, 9.17) is 9.47 Å². The summed E-state index contributed by atoms with van der Waals surface area (Å²) in [6, 6.07) is 12.1. The fraction of sp³-hybridized carbons (Fsp3) is 0.300. The number of hydrogen-bond donors (Lipinski definition) is 2. The minimum atomic E-state index is -1.52.